The lowest BCUT2D eigenvalue weighted by Gasteiger charge is -2.08. The Hall–Kier alpha value is -3.34. The van der Waals surface area contributed by atoms with Crippen molar-refractivity contribution < 1.29 is 9.72 Å². The van der Waals surface area contributed by atoms with E-state index in [2.05, 4.69) is 4.98 Å². The Morgan fingerprint density at radius 1 is 1.12 bits per heavy atom. The highest BCUT2D eigenvalue weighted by atomic mass is 16.6. The number of rotatable bonds is 4. The van der Waals surface area contributed by atoms with Gasteiger partial charge in [-0.05, 0) is 30.0 Å². The van der Waals surface area contributed by atoms with E-state index in [1.807, 2.05) is 30.3 Å². The quantitative estimate of drug-likeness (QED) is 0.409. The normalized spacial score (nSPS) is 11.5. The number of nitro benzene ring substituents is 1. The average molecular weight is 318 g/mol. The van der Waals surface area contributed by atoms with Crippen LogP contribution in [0.4, 0.5) is 5.69 Å². The predicted octanol–water partition coefficient (Wildman–Crippen LogP) is 4.27. The van der Waals surface area contributed by atoms with Crippen molar-refractivity contribution in [1.82, 2.24) is 4.98 Å². The highest BCUT2D eigenvalue weighted by Gasteiger charge is 2.13. The zero-order chi connectivity index (χ0) is 17.1. The second kappa shape index (κ2) is 6.42. The summed E-state index contributed by atoms with van der Waals surface area (Å²) < 4.78 is 0. The van der Waals surface area contributed by atoms with Crippen molar-refractivity contribution in [3.05, 3.63) is 82.2 Å². The molecule has 0 atom stereocenters. The van der Waals surface area contributed by atoms with Gasteiger partial charge in [-0.25, -0.2) is 0 Å². The predicted molar refractivity (Wildman–Crippen MR) is 93.4 cm³/mol. The van der Waals surface area contributed by atoms with Crippen LogP contribution in [-0.2, 0) is 4.79 Å². The summed E-state index contributed by atoms with van der Waals surface area (Å²) in [6.07, 6.45) is 3.30. The van der Waals surface area contributed by atoms with Crippen molar-refractivity contribution in [1.29, 1.82) is 0 Å². The molecule has 0 aliphatic rings. The van der Waals surface area contributed by atoms with Crippen molar-refractivity contribution >= 4 is 33.9 Å². The monoisotopic (exact) mass is 318 g/mol. The first-order valence-corrected chi connectivity index (χ1v) is 7.37. The SMILES string of the molecule is CC(=O)C(=Cc1cccc([N+](=O)[O-])c1)c1nccc2ccccc12. The van der Waals surface area contributed by atoms with Crippen LogP contribution in [0.1, 0.15) is 18.2 Å². The molecule has 5 heteroatoms. The summed E-state index contributed by atoms with van der Waals surface area (Å²) in [5.74, 6) is -0.148. The van der Waals surface area contributed by atoms with Gasteiger partial charge in [0, 0.05) is 29.3 Å². The zero-order valence-corrected chi connectivity index (χ0v) is 13.0. The molecule has 3 aromatic rings. The standard InChI is InChI=1S/C19H14N2O3/c1-13(22)18(12-14-5-4-7-16(11-14)21(23)24)19-17-8-3-2-6-15(17)9-10-20-19/h2-12H,1H3. The third-order valence-electron chi connectivity index (χ3n) is 3.70. The van der Waals surface area contributed by atoms with Crippen molar-refractivity contribution in [3.8, 4) is 0 Å². The van der Waals surface area contributed by atoms with Gasteiger partial charge in [0.05, 0.1) is 10.6 Å². The second-order valence-corrected chi connectivity index (χ2v) is 5.35. The number of hydrogen-bond donors (Lipinski definition) is 0. The molecule has 0 spiro atoms. The Bertz CT molecular complexity index is 972. The summed E-state index contributed by atoms with van der Waals surface area (Å²) in [5, 5.41) is 12.8. The molecule has 1 aromatic heterocycles. The highest BCUT2D eigenvalue weighted by molar-refractivity contribution is 6.26. The van der Waals surface area contributed by atoms with Crippen LogP contribution in [0.2, 0.25) is 0 Å². The van der Waals surface area contributed by atoms with E-state index in [9.17, 15) is 14.9 Å². The molecule has 2 aromatic carbocycles. The van der Waals surface area contributed by atoms with E-state index >= 15 is 0 Å². The number of pyridine rings is 1. The molecule has 0 saturated heterocycles. The van der Waals surface area contributed by atoms with E-state index in [1.165, 1.54) is 19.1 Å². The van der Waals surface area contributed by atoms with E-state index in [1.54, 1.807) is 24.4 Å². The fraction of sp³-hybridized carbons (Fsp3) is 0.0526. The molecule has 0 amide bonds. The lowest BCUT2D eigenvalue weighted by molar-refractivity contribution is -0.384. The van der Waals surface area contributed by atoms with Crippen LogP contribution in [0.5, 0.6) is 0 Å². The topological polar surface area (TPSA) is 73.1 Å². The summed E-state index contributed by atoms with van der Waals surface area (Å²) in [6.45, 7) is 1.46. The zero-order valence-electron chi connectivity index (χ0n) is 13.0. The fourth-order valence-corrected chi connectivity index (χ4v) is 2.57. The molecule has 24 heavy (non-hydrogen) atoms. The van der Waals surface area contributed by atoms with Crippen LogP contribution in [0.3, 0.4) is 0 Å². The van der Waals surface area contributed by atoms with E-state index in [-0.39, 0.29) is 11.5 Å². The van der Waals surface area contributed by atoms with Crippen molar-refractivity contribution in [2.24, 2.45) is 0 Å². The number of carbonyl (C=O) groups excluding carboxylic acids is 1. The maximum Gasteiger partial charge on any atom is 0.270 e. The van der Waals surface area contributed by atoms with Gasteiger partial charge in [0.15, 0.2) is 5.78 Å². The number of nitro groups is 1. The number of ketones is 1. The number of benzene rings is 2. The van der Waals surface area contributed by atoms with Crippen molar-refractivity contribution in [2.75, 3.05) is 0 Å². The minimum atomic E-state index is -0.457. The minimum absolute atomic E-state index is 0.0162. The van der Waals surface area contributed by atoms with Gasteiger partial charge in [0.1, 0.15) is 0 Å². The maximum atomic E-state index is 12.2. The first-order chi connectivity index (χ1) is 11.6. The van der Waals surface area contributed by atoms with Crippen LogP contribution in [0.15, 0.2) is 60.8 Å². The van der Waals surface area contributed by atoms with Gasteiger partial charge in [-0.15, -0.1) is 0 Å². The van der Waals surface area contributed by atoms with E-state index < -0.39 is 4.92 Å². The number of nitrogens with zero attached hydrogens (tertiary/aromatic N) is 2. The van der Waals surface area contributed by atoms with Gasteiger partial charge < -0.3 is 0 Å². The molecular formula is C19H14N2O3. The third kappa shape index (κ3) is 3.05. The second-order valence-electron chi connectivity index (χ2n) is 5.35. The average Bonchev–Trinajstić information content (AvgIpc) is 2.59. The van der Waals surface area contributed by atoms with Gasteiger partial charge in [0.25, 0.3) is 5.69 Å². The molecule has 0 aliphatic heterocycles. The van der Waals surface area contributed by atoms with Gasteiger partial charge in [-0.3, -0.25) is 19.9 Å². The molecule has 0 saturated carbocycles. The molecule has 3 rings (SSSR count). The Kier molecular flexibility index (Phi) is 4.16. The number of aromatic nitrogens is 1. The number of Topliss-reactive ketones (excluding diaryl/α,β-unsaturated/α-hetero) is 1. The molecule has 0 N–H and O–H groups in total. The lowest BCUT2D eigenvalue weighted by Crippen LogP contribution is -2.00. The van der Waals surface area contributed by atoms with Crippen LogP contribution < -0.4 is 0 Å². The van der Waals surface area contributed by atoms with Gasteiger partial charge in [-0.2, -0.15) is 0 Å². The Morgan fingerprint density at radius 3 is 2.67 bits per heavy atom. The van der Waals surface area contributed by atoms with Crippen LogP contribution in [0.25, 0.3) is 22.4 Å². The molecule has 0 bridgehead atoms. The van der Waals surface area contributed by atoms with Crippen LogP contribution >= 0.6 is 0 Å². The molecule has 118 valence electrons. The first-order valence-electron chi connectivity index (χ1n) is 7.37. The molecule has 0 unspecified atom stereocenters. The van der Waals surface area contributed by atoms with E-state index in [4.69, 9.17) is 0 Å². The molecule has 1 heterocycles. The largest absolute Gasteiger partial charge is 0.294 e. The summed E-state index contributed by atoms with van der Waals surface area (Å²) >= 11 is 0. The van der Waals surface area contributed by atoms with Gasteiger partial charge >= 0.3 is 0 Å². The number of allylic oxidation sites excluding steroid dienone is 1. The molecular weight excluding hydrogens is 304 g/mol. The summed E-state index contributed by atoms with van der Waals surface area (Å²) in [4.78, 5) is 27.0. The summed E-state index contributed by atoms with van der Waals surface area (Å²) in [5.41, 5.74) is 1.57. The van der Waals surface area contributed by atoms with E-state index in [0.29, 0.717) is 16.8 Å². The first kappa shape index (κ1) is 15.6. The third-order valence-corrected chi connectivity index (χ3v) is 3.70. The van der Waals surface area contributed by atoms with Crippen LogP contribution in [0, 0.1) is 10.1 Å². The number of fused-ring (bicyclic) bond motifs is 1. The highest BCUT2D eigenvalue weighted by Crippen LogP contribution is 2.26. The van der Waals surface area contributed by atoms with Crippen molar-refractivity contribution in [2.45, 2.75) is 6.92 Å². The van der Waals surface area contributed by atoms with Gasteiger partial charge in [-0.1, -0.05) is 36.4 Å². The van der Waals surface area contributed by atoms with Crippen molar-refractivity contribution in [3.63, 3.8) is 0 Å². The van der Waals surface area contributed by atoms with Crippen LogP contribution in [-0.4, -0.2) is 15.7 Å². The summed E-state index contributed by atoms with van der Waals surface area (Å²) in [7, 11) is 0. The summed E-state index contributed by atoms with van der Waals surface area (Å²) in [6, 6.07) is 15.7. The molecule has 0 fully saturated rings. The number of hydrogen-bond acceptors (Lipinski definition) is 4. The Labute approximate surface area is 138 Å². The smallest absolute Gasteiger partial charge is 0.270 e. The van der Waals surface area contributed by atoms with E-state index in [0.717, 1.165) is 10.8 Å². The lowest BCUT2D eigenvalue weighted by atomic mass is 9.99. The molecule has 5 nitrogen and oxygen atoms in total. The maximum absolute atomic E-state index is 12.2. The Morgan fingerprint density at radius 2 is 1.92 bits per heavy atom. The number of carbonyl (C=O) groups is 1. The number of non-ortho nitro benzene ring substituents is 1. The molecule has 0 aliphatic carbocycles. The minimum Gasteiger partial charge on any atom is -0.294 e. The molecule has 0 radical (unpaired) electrons. The fourth-order valence-electron chi connectivity index (χ4n) is 2.57. The Balaban J connectivity index is 2.18. The van der Waals surface area contributed by atoms with Gasteiger partial charge in [0.2, 0.25) is 0 Å².